The largest absolute Gasteiger partial charge is 0.467 e. The molecule has 0 saturated carbocycles. The molecule has 1 aliphatic rings. The van der Waals surface area contributed by atoms with E-state index in [9.17, 15) is 24.0 Å². The van der Waals surface area contributed by atoms with Crippen LogP contribution in [0.4, 0.5) is 4.79 Å². The van der Waals surface area contributed by atoms with Gasteiger partial charge in [-0.3, -0.25) is 9.59 Å². The number of ether oxygens (including phenoxy) is 3. The van der Waals surface area contributed by atoms with Gasteiger partial charge in [0.1, 0.15) is 24.2 Å². The van der Waals surface area contributed by atoms with Crippen molar-refractivity contribution in [3.63, 3.8) is 0 Å². The molecule has 0 aliphatic carbocycles. The Morgan fingerprint density at radius 1 is 0.900 bits per heavy atom. The Morgan fingerprint density at radius 2 is 1.50 bits per heavy atom. The number of likely N-dealkylation sites (tertiary alicyclic amines) is 1. The van der Waals surface area contributed by atoms with Crippen LogP contribution < -0.4 is 10.6 Å². The molecule has 11 nitrogen and oxygen atoms in total. The predicted octanol–water partition coefficient (Wildman–Crippen LogP) is 2.13. The van der Waals surface area contributed by atoms with Crippen LogP contribution in [0.2, 0.25) is 0 Å². The highest BCUT2D eigenvalue weighted by molar-refractivity contribution is 6.02. The fourth-order valence-corrected chi connectivity index (χ4v) is 4.62. The highest BCUT2D eigenvalue weighted by Crippen LogP contribution is 2.36. The lowest BCUT2D eigenvalue weighted by Gasteiger charge is -2.51. The molecule has 1 heterocycles. The molecule has 2 aromatic carbocycles. The molecule has 214 valence electrons. The van der Waals surface area contributed by atoms with Crippen LogP contribution >= 0.6 is 0 Å². The van der Waals surface area contributed by atoms with E-state index in [-0.39, 0.29) is 44.7 Å². The molecule has 0 spiro atoms. The molecule has 0 radical (unpaired) electrons. The minimum atomic E-state index is -1.22. The first-order valence-electron chi connectivity index (χ1n) is 13.0. The Hall–Kier alpha value is -4.41. The topological polar surface area (TPSA) is 140 Å². The van der Waals surface area contributed by atoms with Gasteiger partial charge in [0.15, 0.2) is 0 Å². The number of rotatable bonds is 13. The molecule has 0 unspecified atom stereocenters. The number of amides is 3. The Balaban J connectivity index is 1.67. The van der Waals surface area contributed by atoms with Crippen molar-refractivity contribution in [3.8, 4) is 0 Å². The number of β-lactam (4-membered cyclic amide) rings is 1. The molecule has 11 heteroatoms. The third-order valence-corrected chi connectivity index (χ3v) is 6.79. The fraction of sp³-hybridized carbons (Fsp3) is 0.414. The van der Waals surface area contributed by atoms with E-state index in [0.29, 0.717) is 0 Å². The SMILES string of the molecule is COC(=O)[C@H](C)NC(=O)[C@@]1(Cc2ccccc2)CC(=O)N1CCC[C@H](NC(=O)OCc1ccccc1)C(=O)OC. The zero-order valence-corrected chi connectivity index (χ0v) is 22.9. The van der Waals surface area contributed by atoms with Crippen molar-refractivity contribution in [1.82, 2.24) is 15.5 Å². The minimum Gasteiger partial charge on any atom is -0.467 e. The second kappa shape index (κ2) is 14.1. The van der Waals surface area contributed by atoms with E-state index in [4.69, 9.17) is 14.2 Å². The van der Waals surface area contributed by atoms with Crippen LogP contribution in [0.15, 0.2) is 60.7 Å². The molecular weight excluding hydrogens is 518 g/mol. The van der Waals surface area contributed by atoms with E-state index in [2.05, 4.69) is 10.6 Å². The van der Waals surface area contributed by atoms with Crippen LogP contribution in [0.3, 0.4) is 0 Å². The molecule has 0 aromatic heterocycles. The number of methoxy groups -OCH3 is 2. The number of esters is 2. The maximum atomic E-state index is 13.5. The monoisotopic (exact) mass is 553 g/mol. The molecule has 1 saturated heterocycles. The second-order valence-corrected chi connectivity index (χ2v) is 9.56. The average molecular weight is 554 g/mol. The van der Waals surface area contributed by atoms with Crippen molar-refractivity contribution >= 4 is 29.8 Å². The molecule has 40 heavy (non-hydrogen) atoms. The van der Waals surface area contributed by atoms with E-state index < -0.39 is 41.6 Å². The van der Waals surface area contributed by atoms with Gasteiger partial charge < -0.3 is 29.7 Å². The summed E-state index contributed by atoms with van der Waals surface area (Å²) in [6, 6.07) is 16.4. The van der Waals surface area contributed by atoms with Crippen LogP contribution in [0.25, 0.3) is 0 Å². The first kappa shape index (κ1) is 30.1. The molecule has 1 fully saturated rings. The number of nitrogens with one attached hydrogen (secondary N) is 2. The standard InChI is InChI=1S/C29H35N3O8/c1-20(25(34)38-2)30-27(36)29(17-21-11-6-4-7-12-21)18-24(33)32(29)16-10-15-23(26(35)39-3)31-28(37)40-19-22-13-8-5-9-14-22/h4-9,11-14,20,23H,10,15-19H2,1-3H3,(H,30,36)(H,31,37)/t20-,23-,29+/m0/s1. The number of alkyl carbamates (subject to hydrolysis) is 1. The van der Waals surface area contributed by atoms with Gasteiger partial charge >= 0.3 is 18.0 Å². The first-order valence-corrected chi connectivity index (χ1v) is 13.0. The smallest absolute Gasteiger partial charge is 0.408 e. The molecule has 3 amide bonds. The highest BCUT2D eigenvalue weighted by atomic mass is 16.6. The van der Waals surface area contributed by atoms with Crippen LogP contribution in [0.5, 0.6) is 0 Å². The number of carbonyl (C=O) groups is 5. The Bertz CT molecular complexity index is 1190. The molecule has 3 rings (SSSR count). The molecule has 2 aromatic rings. The molecule has 3 atom stereocenters. The summed E-state index contributed by atoms with van der Waals surface area (Å²) in [6.07, 6.45) is -0.163. The van der Waals surface area contributed by atoms with Crippen molar-refractivity contribution in [2.24, 2.45) is 0 Å². The van der Waals surface area contributed by atoms with Crippen molar-refractivity contribution in [1.29, 1.82) is 0 Å². The minimum absolute atomic E-state index is 0.0317. The van der Waals surface area contributed by atoms with Crippen molar-refractivity contribution in [2.45, 2.75) is 56.8 Å². The third-order valence-electron chi connectivity index (χ3n) is 6.79. The lowest BCUT2D eigenvalue weighted by atomic mass is 9.77. The van der Waals surface area contributed by atoms with E-state index in [1.807, 2.05) is 48.5 Å². The quantitative estimate of drug-likeness (QED) is 0.218. The van der Waals surface area contributed by atoms with Gasteiger partial charge in [0.25, 0.3) is 0 Å². The lowest BCUT2D eigenvalue weighted by molar-refractivity contribution is -0.167. The maximum absolute atomic E-state index is 13.5. The van der Waals surface area contributed by atoms with E-state index >= 15 is 0 Å². The van der Waals surface area contributed by atoms with Gasteiger partial charge in [-0.05, 0) is 30.9 Å². The average Bonchev–Trinajstić information content (AvgIpc) is 2.97. The highest BCUT2D eigenvalue weighted by Gasteiger charge is 2.56. The summed E-state index contributed by atoms with van der Waals surface area (Å²) in [5, 5.41) is 5.19. The predicted molar refractivity (Wildman–Crippen MR) is 144 cm³/mol. The van der Waals surface area contributed by atoms with Crippen LogP contribution in [0.1, 0.15) is 37.3 Å². The van der Waals surface area contributed by atoms with Gasteiger partial charge in [-0.2, -0.15) is 0 Å². The maximum Gasteiger partial charge on any atom is 0.408 e. The zero-order chi connectivity index (χ0) is 29.1. The van der Waals surface area contributed by atoms with Crippen molar-refractivity contribution in [2.75, 3.05) is 20.8 Å². The van der Waals surface area contributed by atoms with Gasteiger partial charge in [-0.1, -0.05) is 60.7 Å². The number of nitrogens with zero attached hydrogens (tertiary/aromatic N) is 1. The van der Waals surface area contributed by atoms with Gasteiger partial charge in [0.2, 0.25) is 11.8 Å². The van der Waals surface area contributed by atoms with Crippen molar-refractivity contribution in [3.05, 3.63) is 71.8 Å². The summed E-state index contributed by atoms with van der Waals surface area (Å²) in [5.74, 6) is -1.97. The number of hydrogen-bond donors (Lipinski definition) is 2. The zero-order valence-electron chi connectivity index (χ0n) is 22.9. The third kappa shape index (κ3) is 7.58. The number of hydrogen-bond acceptors (Lipinski definition) is 8. The van der Waals surface area contributed by atoms with Gasteiger partial charge in [0.05, 0.1) is 20.6 Å². The molecule has 1 aliphatic heterocycles. The summed E-state index contributed by atoms with van der Waals surface area (Å²) in [5.41, 5.74) is 0.415. The van der Waals surface area contributed by atoms with Crippen LogP contribution in [0, 0.1) is 0 Å². The van der Waals surface area contributed by atoms with E-state index in [1.54, 1.807) is 12.1 Å². The number of benzene rings is 2. The second-order valence-electron chi connectivity index (χ2n) is 9.56. The fourth-order valence-electron chi connectivity index (χ4n) is 4.62. The molecular formula is C29H35N3O8. The summed E-state index contributed by atoms with van der Waals surface area (Å²) in [7, 11) is 2.44. The van der Waals surface area contributed by atoms with Gasteiger partial charge in [-0.15, -0.1) is 0 Å². The Labute approximate surface area is 233 Å². The number of carbonyl (C=O) groups excluding carboxylic acids is 5. The van der Waals surface area contributed by atoms with Crippen molar-refractivity contribution < 1.29 is 38.2 Å². The van der Waals surface area contributed by atoms with Gasteiger partial charge in [0, 0.05) is 13.0 Å². The first-order chi connectivity index (χ1) is 19.2. The van der Waals surface area contributed by atoms with Crippen LogP contribution in [-0.4, -0.2) is 73.1 Å². The van der Waals surface area contributed by atoms with E-state index in [0.717, 1.165) is 11.1 Å². The normalized spacial score (nSPS) is 17.6. The lowest BCUT2D eigenvalue weighted by Crippen LogP contribution is -2.72. The summed E-state index contributed by atoms with van der Waals surface area (Å²) < 4.78 is 14.8. The van der Waals surface area contributed by atoms with E-state index in [1.165, 1.54) is 26.0 Å². The van der Waals surface area contributed by atoms with Gasteiger partial charge in [-0.25, -0.2) is 14.4 Å². The Morgan fingerprint density at radius 3 is 2.08 bits per heavy atom. The molecule has 0 bridgehead atoms. The summed E-state index contributed by atoms with van der Waals surface area (Å²) in [4.78, 5) is 64.3. The molecule has 2 N–H and O–H groups in total. The Kier molecular flexibility index (Phi) is 10.6. The van der Waals surface area contributed by atoms with Crippen LogP contribution in [-0.2, 0) is 46.4 Å². The summed E-state index contributed by atoms with van der Waals surface area (Å²) >= 11 is 0. The summed E-state index contributed by atoms with van der Waals surface area (Å²) in [6.45, 7) is 1.68.